The molecule has 3 aromatic rings. The van der Waals surface area contributed by atoms with Crippen LogP contribution in [-0.4, -0.2) is 66.7 Å². The molecule has 0 spiro atoms. The summed E-state index contributed by atoms with van der Waals surface area (Å²) in [5.74, 6) is -0.235. The molecule has 0 saturated carbocycles. The number of hydrogen-bond donors (Lipinski definition) is 1. The second-order valence-corrected chi connectivity index (χ2v) is 6.98. The number of nitrogens with zero attached hydrogens (tertiary/aromatic N) is 7. The van der Waals surface area contributed by atoms with Gasteiger partial charge in [-0.2, -0.15) is 23.4 Å². The van der Waals surface area contributed by atoms with Crippen LogP contribution in [0.2, 0.25) is 0 Å². The number of ether oxygens (including phenoxy) is 1. The van der Waals surface area contributed by atoms with E-state index in [1.165, 1.54) is 22.1 Å². The number of halogens is 3. The van der Waals surface area contributed by atoms with Gasteiger partial charge in [-0.1, -0.05) is 0 Å². The number of aryl methyl sites for hydroxylation is 1. The Labute approximate surface area is 180 Å². The van der Waals surface area contributed by atoms with Gasteiger partial charge in [-0.3, -0.25) is 4.79 Å². The van der Waals surface area contributed by atoms with Crippen molar-refractivity contribution in [3.8, 4) is 5.69 Å². The molecule has 1 N–H and O–H groups in total. The molecular formula is C19H19F3N8O2. The number of pyridine rings is 1. The summed E-state index contributed by atoms with van der Waals surface area (Å²) in [7, 11) is 0. The molecular weight excluding hydrogens is 429 g/mol. The van der Waals surface area contributed by atoms with Crippen molar-refractivity contribution in [2.75, 3.05) is 25.0 Å². The van der Waals surface area contributed by atoms with Gasteiger partial charge in [-0.05, 0) is 25.5 Å². The molecule has 1 unspecified atom stereocenters. The fourth-order valence-corrected chi connectivity index (χ4v) is 3.19. The normalized spacial score (nSPS) is 16.8. The number of rotatable bonds is 5. The molecule has 13 heteroatoms. The van der Waals surface area contributed by atoms with Crippen molar-refractivity contribution in [1.82, 2.24) is 34.8 Å². The Hall–Kier alpha value is -3.61. The highest BCUT2D eigenvalue weighted by Gasteiger charge is 2.33. The molecule has 1 atom stereocenters. The zero-order valence-electron chi connectivity index (χ0n) is 17.0. The molecule has 1 saturated heterocycles. The highest BCUT2D eigenvalue weighted by molar-refractivity contribution is 5.96. The van der Waals surface area contributed by atoms with Gasteiger partial charge in [0.2, 0.25) is 0 Å². The quantitative estimate of drug-likeness (QED) is 0.632. The minimum absolute atomic E-state index is 0.104. The van der Waals surface area contributed by atoms with Crippen LogP contribution in [0.5, 0.6) is 0 Å². The average molecular weight is 448 g/mol. The number of nitrogens with one attached hydrogen (secondary N) is 1. The third-order valence-corrected chi connectivity index (χ3v) is 4.71. The molecule has 3 aromatic heterocycles. The first-order valence-corrected chi connectivity index (χ1v) is 9.73. The van der Waals surface area contributed by atoms with Crippen LogP contribution >= 0.6 is 0 Å². The molecule has 1 aliphatic rings. The van der Waals surface area contributed by atoms with Crippen molar-refractivity contribution in [3.63, 3.8) is 0 Å². The summed E-state index contributed by atoms with van der Waals surface area (Å²) in [6.45, 7) is 2.73. The van der Waals surface area contributed by atoms with Crippen LogP contribution in [0.25, 0.3) is 5.69 Å². The molecule has 1 amide bonds. The molecule has 168 valence electrons. The molecule has 0 aliphatic carbocycles. The van der Waals surface area contributed by atoms with Crippen LogP contribution < -0.4 is 5.32 Å². The van der Waals surface area contributed by atoms with Crippen LogP contribution in [0.4, 0.5) is 19.0 Å². The van der Waals surface area contributed by atoms with Crippen molar-refractivity contribution in [1.29, 1.82) is 0 Å². The number of carbonyl (C=O) groups excluding carboxylic acids is 1. The monoisotopic (exact) mass is 448 g/mol. The predicted molar refractivity (Wildman–Crippen MR) is 105 cm³/mol. The van der Waals surface area contributed by atoms with Gasteiger partial charge in [0, 0.05) is 12.2 Å². The third-order valence-electron chi connectivity index (χ3n) is 4.71. The summed E-state index contributed by atoms with van der Waals surface area (Å²) in [4.78, 5) is 27.7. The van der Waals surface area contributed by atoms with E-state index in [1.807, 2.05) is 0 Å². The van der Waals surface area contributed by atoms with E-state index in [1.54, 1.807) is 19.1 Å². The van der Waals surface area contributed by atoms with Gasteiger partial charge in [0.25, 0.3) is 5.91 Å². The SMILES string of the molecule is Cc1ccc(-n2nccn2)c(C(=O)N2CCCOC2CNc2cnc(C(F)(F)F)cn2)n1. The van der Waals surface area contributed by atoms with E-state index < -0.39 is 18.1 Å². The molecule has 10 nitrogen and oxygen atoms in total. The maximum Gasteiger partial charge on any atom is 0.434 e. The van der Waals surface area contributed by atoms with Crippen LogP contribution in [0, 0.1) is 6.92 Å². The van der Waals surface area contributed by atoms with Crippen molar-refractivity contribution in [2.45, 2.75) is 25.7 Å². The smallest absolute Gasteiger partial charge is 0.364 e. The minimum Gasteiger partial charge on any atom is -0.364 e. The Morgan fingerprint density at radius 2 is 2.00 bits per heavy atom. The molecule has 1 fully saturated rings. The number of anilines is 1. The maximum atomic E-state index is 13.4. The maximum absolute atomic E-state index is 13.4. The minimum atomic E-state index is -4.57. The standard InChI is InChI=1S/C19H19F3N8O2/c1-12-3-4-13(30-26-5-6-27-30)17(28-12)18(31)29-7-2-8-32-16(29)11-25-15-10-23-14(9-24-15)19(20,21)22/h3-6,9-10,16H,2,7-8,11H2,1H3,(H,24,25). The molecule has 1 aliphatic heterocycles. The summed E-state index contributed by atoms with van der Waals surface area (Å²) in [6.07, 6.45) is 0.00792. The number of carbonyl (C=O) groups is 1. The van der Waals surface area contributed by atoms with E-state index in [4.69, 9.17) is 4.74 Å². The fourth-order valence-electron chi connectivity index (χ4n) is 3.19. The van der Waals surface area contributed by atoms with E-state index in [9.17, 15) is 18.0 Å². The first-order valence-electron chi connectivity index (χ1n) is 9.73. The van der Waals surface area contributed by atoms with Crippen molar-refractivity contribution in [2.24, 2.45) is 0 Å². The lowest BCUT2D eigenvalue weighted by Gasteiger charge is -2.35. The van der Waals surface area contributed by atoms with Gasteiger partial charge in [0.15, 0.2) is 11.4 Å². The Bertz CT molecular complexity index is 1070. The second kappa shape index (κ2) is 8.86. The van der Waals surface area contributed by atoms with E-state index in [0.29, 0.717) is 37.2 Å². The Balaban J connectivity index is 1.52. The predicted octanol–water partition coefficient (Wildman–Crippen LogP) is 2.08. The van der Waals surface area contributed by atoms with Crippen LogP contribution in [0.1, 0.15) is 28.3 Å². The number of alkyl halides is 3. The Morgan fingerprint density at radius 1 is 1.22 bits per heavy atom. The first kappa shape index (κ1) is 21.6. The average Bonchev–Trinajstić information content (AvgIpc) is 3.32. The van der Waals surface area contributed by atoms with Crippen molar-refractivity contribution >= 4 is 11.7 Å². The molecule has 0 bridgehead atoms. The molecule has 0 aromatic carbocycles. The van der Waals surface area contributed by atoms with Gasteiger partial charge in [0.1, 0.15) is 17.7 Å². The summed E-state index contributed by atoms with van der Waals surface area (Å²) >= 11 is 0. The van der Waals surface area contributed by atoms with Crippen LogP contribution in [-0.2, 0) is 10.9 Å². The zero-order chi connectivity index (χ0) is 22.7. The van der Waals surface area contributed by atoms with E-state index in [2.05, 4.69) is 30.5 Å². The lowest BCUT2D eigenvalue weighted by atomic mass is 10.2. The summed E-state index contributed by atoms with van der Waals surface area (Å²) in [5, 5.41) is 11.0. The van der Waals surface area contributed by atoms with Gasteiger partial charge in [-0.15, -0.1) is 4.80 Å². The Kier molecular flexibility index (Phi) is 5.99. The van der Waals surface area contributed by atoms with Gasteiger partial charge >= 0.3 is 6.18 Å². The molecule has 4 rings (SSSR count). The first-order chi connectivity index (χ1) is 15.3. The summed E-state index contributed by atoms with van der Waals surface area (Å²) < 4.78 is 43.7. The van der Waals surface area contributed by atoms with Crippen molar-refractivity contribution in [3.05, 3.63) is 54.0 Å². The van der Waals surface area contributed by atoms with Gasteiger partial charge < -0.3 is 15.0 Å². The highest BCUT2D eigenvalue weighted by atomic mass is 19.4. The van der Waals surface area contributed by atoms with Gasteiger partial charge in [0.05, 0.1) is 37.9 Å². The number of aromatic nitrogens is 6. The largest absolute Gasteiger partial charge is 0.434 e. The lowest BCUT2D eigenvalue weighted by molar-refractivity contribution is -0.141. The van der Waals surface area contributed by atoms with E-state index >= 15 is 0 Å². The van der Waals surface area contributed by atoms with E-state index in [-0.39, 0.29) is 24.0 Å². The van der Waals surface area contributed by atoms with E-state index in [0.717, 1.165) is 6.20 Å². The second-order valence-electron chi connectivity index (χ2n) is 6.98. The topological polar surface area (TPSA) is 111 Å². The summed E-state index contributed by atoms with van der Waals surface area (Å²) in [6, 6.07) is 3.47. The van der Waals surface area contributed by atoms with Gasteiger partial charge in [-0.25, -0.2) is 15.0 Å². The third kappa shape index (κ3) is 4.66. The van der Waals surface area contributed by atoms with Crippen molar-refractivity contribution < 1.29 is 22.7 Å². The fraction of sp³-hybridized carbons (Fsp3) is 0.368. The molecule has 32 heavy (non-hydrogen) atoms. The summed E-state index contributed by atoms with van der Waals surface area (Å²) in [5.41, 5.74) is 0.165. The zero-order valence-corrected chi connectivity index (χ0v) is 17.0. The number of hydrogen-bond acceptors (Lipinski definition) is 8. The van der Waals surface area contributed by atoms with Crippen LogP contribution in [0.15, 0.2) is 36.9 Å². The van der Waals surface area contributed by atoms with Crippen LogP contribution in [0.3, 0.4) is 0 Å². The number of amides is 1. The molecule has 0 radical (unpaired) electrons. The highest BCUT2D eigenvalue weighted by Crippen LogP contribution is 2.27. The lowest BCUT2D eigenvalue weighted by Crippen LogP contribution is -2.50. The Morgan fingerprint density at radius 3 is 2.69 bits per heavy atom. The molecule has 4 heterocycles.